The summed E-state index contributed by atoms with van der Waals surface area (Å²) >= 11 is 0. The molecule has 20 atom stereocenters. The molecule has 0 amide bonds. The van der Waals surface area contributed by atoms with E-state index in [1.54, 1.807) is 89.2 Å². The van der Waals surface area contributed by atoms with Gasteiger partial charge in [-0.15, -0.1) is 6.58 Å². The normalized spacial score (nSPS) is 35.5. The van der Waals surface area contributed by atoms with Crippen LogP contribution in [0.3, 0.4) is 0 Å². The Balaban J connectivity index is -0.000000187. The van der Waals surface area contributed by atoms with Crippen molar-refractivity contribution in [3.63, 3.8) is 0 Å². The molecule has 454 valence electrons. The minimum atomic E-state index is -1.62. The predicted molar refractivity (Wildman–Crippen MR) is 271 cm³/mol. The molecule has 4 aliphatic rings. The van der Waals surface area contributed by atoms with Gasteiger partial charge in [0.05, 0.1) is 35.6 Å². The molecule has 0 saturated carbocycles. The largest absolute Gasteiger partial charge is 0.412 e. The van der Waals surface area contributed by atoms with Crippen LogP contribution in [0.4, 0.5) is 0 Å². The first-order valence-corrected chi connectivity index (χ1v) is 23.3. The third-order valence-electron chi connectivity index (χ3n) is 9.27. The highest BCUT2D eigenvalue weighted by atomic mass is 16.8. The van der Waals surface area contributed by atoms with Crippen LogP contribution in [-0.4, -0.2) is 242 Å². The van der Waals surface area contributed by atoms with E-state index in [1.165, 1.54) is 6.42 Å². The summed E-state index contributed by atoms with van der Waals surface area (Å²) in [7, 11) is 0. The Morgan fingerprint density at radius 1 is 0.453 bits per heavy atom. The highest BCUT2D eigenvalue weighted by Crippen LogP contribution is 2.34. The number of allylic oxidation sites excluding steroid dienone is 1. The number of rotatable bonds is 10. The van der Waals surface area contributed by atoms with Gasteiger partial charge in [0.15, 0.2) is 31.3 Å². The molecule has 4 rings (SSSR count). The van der Waals surface area contributed by atoms with Crippen LogP contribution in [0.2, 0.25) is 0 Å². The van der Waals surface area contributed by atoms with Crippen LogP contribution in [0.15, 0.2) is 12.7 Å². The van der Waals surface area contributed by atoms with Crippen LogP contribution < -0.4 is 0 Å². The van der Waals surface area contributed by atoms with E-state index in [0.29, 0.717) is 0 Å². The Morgan fingerprint density at radius 3 is 1.11 bits per heavy atom. The van der Waals surface area contributed by atoms with Crippen molar-refractivity contribution in [1.29, 1.82) is 0 Å². The van der Waals surface area contributed by atoms with Crippen LogP contribution in [0.25, 0.3) is 0 Å². The van der Waals surface area contributed by atoms with E-state index in [2.05, 4.69) is 25.2 Å². The molecule has 4 fully saturated rings. The second-order valence-corrected chi connectivity index (χ2v) is 20.7. The van der Waals surface area contributed by atoms with Crippen molar-refractivity contribution in [3.8, 4) is 25.1 Å². The third kappa shape index (κ3) is 27.8. The Kier molecular flexibility index (Phi) is 39.7. The highest BCUT2D eigenvalue weighted by Gasteiger charge is 2.54. The summed E-state index contributed by atoms with van der Waals surface area (Å²) in [6, 6.07) is 0. The number of ether oxygens (including phenoxy) is 11. The molecule has 27 heteroatoms. The predicted octanol–water partition coefficient (Wildman–Crippen LogP) is -3.60. The average molecular weight is 1110 g/mol. The monoisotopic (exact) mass is 1110 g/mol. The Morgan fingerprint density at radius 2 is 0.747 bits per heavy atom. The summed E-state index contributed by atoms with van der Waals surface area (Å²) in [5.74, 6) is 0. The first kappa shape index (κ1) is 81.3. The van der Waals surface area contributed by atoms with Crippen molar-refractivity contribution in [2.75, 3.05) is 13.2 Å². The zero-order valence-corrected chi connectivity index (χ0v) is 46.0. The fourth-order valence-electron chi connectivity index (χ4n) is 6.48. The van der Waals surface area contributed by atoms with Crippen molar-refractivity contribution in [3.05, 3.63) is 12.7 Å². The average Bonchev–Trinajstić information content (AvgIpc) is 3.24. The quantitative estimate of drug-likeness (QED) is 0.0743. The molecule has 27 nitrogen and oxygen atoms in total. The fourth-order valence-corrected chi connectivity index (χ4v) is 6.48. The number of aliphatic hydroxyl groups is 12. The van der Waals surface area contributed by atoms with Gasteiger partial charge in [-0.2, -0.15) is 0 Å². The van der Waals surface area contributed by atoms with Gasteiger partial charge in [-0.3, -0.25) is 0 Å². The molecule has 0 aromatic rings. The Hall–Kier alpha value is -2.54. The van der Waals surface area contributed by atoms with Crippen LogP contribution >= 0.6 is 0 Å². The van der Waals surface area contributed by atoms with Gasteiger partial charge in [0.2, 0.25) is 12.6 Å². The molecule has 0 aliphatic carbocycles. The van der Waals surface area contributed by atoms with Crippen molar-refractivity contribution < 1.29 is 138 Å². The van der Waals surface area contributed by atoms with E-state index in [-0.39, 0.29) is 24.8 Å². The van der Waals surface area contributed by atoms with Gasteiger partial charge in [-0.25, -0.2) is 0 Å². The van der Waals surface area contributed by atoms with Gasteiger partial charge in [0, 0.05) is 2.85 Å². The van der Waals surface area contributed by atoms with E-state index < -0.39 is 159 Å². The zero-order chi connectivity index (χ0) is 55.6. The molecule has 0 spiro atoms. The van der Waals surface area contributed by atoms with Crippen molar-refractivity contribution in [1.82, 2.24) is 0 Å². The molecule has 4 heterocycles. The molecular weight excluding hydrogens is 1010 g/mol. The van der Waals surface area contributed by atoms with Gasteiger partial charge in [-0.05, 0) is 90.0 Å². The molecule has 20 unspecified atom stereocenters. The van der Waals surface area contributed by atoms with Crippen molar-refractivity contribution >= 4 is 0 Å². The molecule has 0 aromatic heterocycles. The van der Waals surface area contributed by atoms with Gasteiger partial charge >= 0.3 is 0 Å². The van der Waals surface area contributed by atoms with E-state index in [0.717, 1.165) is 0 Å². The maximum Gasteiger partial charge on any atom is 0.241 e. The lowest BCUT2D eigenvalue weighted by molar-refractivity contribution is -0.392. The first-order valence-electron chi connectivity index (χ1n) is 23.3. The number of hydrogen-bond donors (Lipinski definition) is 12. The number of aliphatic hydroxyl groups excluding tert-OH is 12. The molecule has 0 radical (unpaired) electrons. The summed E-state index contributed by atoms with van der Waals surface area (Å²) in [4.78, 5) is 0. The molecular formula is C48H100O27. The maximum absolute atomic E-state index is 10.7. The second kappa shape index (κ2) is 36.6. The topological polar surface area (TPSA) is 470 Å². The summed E-state index contributed by atoms with van der Waals surface area (Å²) in [6.07, 6.45) is -9.62. The minimum absolute atomic E-state index is 0. The lowest BCUT2D eigenvalue weighted by atomic mass is 9.97. The Bertz CT molecular complexity index is 1560. The standard InChI is InChI=1S/C21H36O11.C11H18O6.C10H20O6.C3H8.C3H6.4H2O.2H2/c1-8-27-19-16(12(24)14(26)18(30-19)32-21(5,6)7)29-17-13(25)11(23)15(10(9-22)28-17)31-20(2,3)4;1-5-15-9-7(13)6(12)8(14)10(16-9)17-11(2,3)4;1-10(2,3)16-8-5(4-11)15-9(14)7(13)6(8)12;2*1-3-2;;;;;;/h1,10-19,22-26H,9H2,2-7H3;1,6-10,12-14H,2-4H3;5-9,11-14H,4H2,1-3H3;3H2,1-2H3;3H,1H2,2H3;4*1H2;2*1H. The van der Waals surface area contributed by atoms with Crippen LogP contribution in [0, 0.1) is 25.1 Å². The third-order valence-corrected chi connectivity index (χ3v) is 9.27. The van der Waals surface area contributed by atoms with E-state index in [1.807, 2.05) is 19.1 Å². The van der Waals surface area contributed by atoms with Crippen LogP contribution in [0.5, 0.6) is 0 Å². The SMILES string of the molecule is C#COC1OC(OC(C)(C)C)C(O)C(O)C1O.C#COC1OC(OC(C)(C)C)C(O)C(O)C1OC1OC(CO)C(OC(C)(C)C)C(O)C1O.C=CC.CC(C)(C)OC1C(CO)OC(O)C(O)C1O.CCC.O.O.O.O.[HH].[HH]. The summed E-state index contributed by atoms with van der Waals surface area (Å²) < 4.78 is 58.8. The summed E-state index contributed by atoms with van der Waals surface area (Å²) in [5, 5.41) is 118. The molecule has 20 N–H and O–H groups in total. The minimum Gasteiger partial charge on any atom is -0.412 e. The molecule has 0 bridgehead atoms. The molecule has 75 heavy (non-hydrogen) atoms. The van der Waals surface area contributed by atoms with Gasteiger partial charge in [0.1, 0.15) is 91.6 Å². The van der Waals surface area contributed by atoms with Crippen molar-refractivity contribution in [2.45, 2.75) is 256 Å². The zero-order valence-electron chi connectivity index (χ0n) is 46.0. The summed E-state index contributed by atoms with van der Waals surface area (Å²) in [5.41, 5.74) is -2.55. The van der Waals surface area contributed by atoms with Crippen molar-refractivity contribution in [2.24, 2.45) is 0 Å². The summed E-state index contributed by atoms with van der Waals surface area (Å²) in [6.45, 7) is 29.6. The second-order valence-electron chi connectivity index (χ2n) is 20.7. The van der Waals surface area contributed by atoms with Gasteiger partial charge < -0.3 is 135 Å². The van der Waals surface area contributed by atoms with Crippen LogP contribution in [0.1, 0.15) is 113 Å². The van der Waals surface area contributed by atoms with E-state index in [4.69, 9.17) is 65.3 Å². The van der Waals surface area contributed by atoms with E-state index >= 15 is 0 Å². The fraction of sp³-hybridized carbons (Fsp3) is 0.875. The molecule has 4 saturated heterocycles. The lowest BCUT2D eigenvalue weighted by Gasteiger charge is -2.47. The molecule has 4 aliphatic heterocycles. The highest BCUT2D eigenvalue weighted by molar-refractivity contribution is 4.96. The number of hydrogen-bond acceptors (Lipinski definition) is 23. The first-order chi connectivity index (χ1) is 32.5. The smallest absolute Gasteiger partial charge is 0.241 e. The van der Waals surface area contributed by atoms with Gasteiger partial charge in [-0.1, -0.05) is 39.2 Å². The molecule has 0 aromatic carbocycles. The van der Waals surface area contributed by atoms with E-state index in [9.17, 15) is 56.2 Å². The lowest BCUT2D eigenvalue weighted by Crippen LogP contribution is -2.65. The van der Waals surface area contributed by atoms with Gasteiger partial charge in [0.25, 0.3) is 0 Å². The number of terminal acetylenes is 2. The van der Waals surface area contributed by atoms with Crippen LogP contribution in [-0.2, 0) is 52.1 Å². The maximum atomic E-state index is 10.7. The Labute approximate surface area is 444 Å².